The molecule has 1 amide bonds. The number of aliphatic hydroxyl groups is 1. The molecule has 6 heteroatoms. The number of rotatable bonds is 2. The summed E-state index contributed by atoms with van der Waals surface area (Å²) in [7, 11) is 0. The monoisotopic (exact) mass is 269 g/mol. The van der Waals surface area contributed by atoms with Crippen molar-refractivity contribution >= 4 is 17.2 Å². The maximum atomic E-state index is 12.2. The van der Waals surface area contributed by atoms with Crippen LogP contribution in [0.25, 0.3) is 0 Å². The second-order valence-electron chi connectivity index (χ2n) is 4.94. The smallest absolute Gasteiger partial charge is 0.273 e. The summed E-state index contributed by atoms with van der Waals surface area (Å²) < 4.78 is 0. The minimum absolute atomic E-state index is 0.0584. The van der Waals surface area contributed by atoms with Gasteiger partial charge in [-0.2, -0.15) is 0 Å². The van der Waals surface area contributed by atoms with Crippen molar-refractivity contribution < 1.29 is 9.90 Å². The summed E-state index contributed by atoms with van der Waals surface area (Å²) in [6.07, 6.45) is 0.334. The fourth-order valence-electron chi connectivity index (χ4n) is 2.07. The average Bonchev–Trinajstić information content (AvgIpc) is 2.81. The van der Waals surface area contributed by atoms with Crippen LogP contribution >= 0.6 is 11.3 Å². The number of piperidine rings is 1. The minimum Gasteiger partial charge on any atom is -0.393 e. The molecule has 1 aliphatic rings. The summed E-state index contributed by atoms with van der Waals surface area (Å²) in [5.41, 5.74) is 6.20. The van der Waals surface area contributed by atoms with Gasteiger partial charge in [0.05, 0.1) is 12.1 Å². The highest BCUT2D eigenvalue weighted by Crippen LogP contribution is 2.21. The molecule has 5 nitrogen and oxygen atoms in total. The number of nitrogens with zero attached hydrogens (tertiary/aromatic N) is 2. The summed E-state index contributed by atoms with van der Waals surface area (Å²) in [4.78, 5) is 18.3. The molecule has 1 aromatic rings. The molecule has 3 atom stereocenters. The standard InChI is InChI=1S/C12H19N3O2S/c1-7-5-15(4-3-10(7)16)12(17)9-6-18-11(14-9)8(2)13/h6-8,10,16H,3-5,13H2,1-2H3. The number of nitrogens with two attached hydrogens (primary N) is 1. The second kappa shape index (κ2) is 5.34. The van der Waals surface area contributed by atoms with E-state index in [1.165, 1.54) is 11.3 Å². The van der Waals surface area contributed by atoms with E-state index in [2.05, 4.69) is 4.98 Å². The Morgan fingerprint density at radius 3 is 3.00 bits per heavy atom. The van der Waals surface area contributed by atoms with Crippen molar-refractivity contribution in [3.05, 3.63) is 16.1 Å². The molecule has 0 saturated carbocycles. The van der Waals surface area contributed by atoms with Crippen LogP contribution in [-0.2, 0) is 0 Å². The molecule has 0 bridgehead atoms. The highest BCUT2D eigenvalue weighted by Gasteiger charge is 2.28. The molecule has 1 aromatic heterocycles. The fourth-order valence-corrected chi connectivity index (χ4v) is 2.83. The molecule has 0 aliphatic carbocycles. The maximum absolute atomic E-state index is 12.2. The first-order valence-corrected chi connectivity index (χ1v) is 7.05. The lowest BCUT2D eigenvalue weighted by Gasteiger charge is -2.33. The Hall–Kier alpha value is -0.980. The number of carbonyl (C=O) groups is 1. The minimum atomic E-state index is -0.302. The number of carbonyl (C=O) groups excluding carboxylic acids is 1. The predicted molar refractivity (Wildman–Crippen MR) is 70.4 cm³/mol. The topological polar surface area (TPSA) is 79.5 Å². The third-order valence-corrected chi connectivity index (χ3v) is 4.32. The number of aliphatic hydroxyl groups excluding tert-OH is 1. The van der Waals surface area contributed by atoms with Crippen LogP contribution in [-0.4, -0.2) is 40.1 Å². The molecule has 2 heterocycles. The van der Waals surface area contributed by atoms with Crippen molar-refractivity contribution in [2.75, 3.05) is 13.1 Å². The van der Waals surface area contributed by atoms with E-state index >= 15 is 0 Å². The molecule has 100 valence electrons. The number of aromatic nitrogens is 1. The van der Waals surface area contributed by atoms with Gasteiger partial charge in [0.25, 0.3) is 5.91 Å². The van der Waals surface area contributed by atoms with E-state index in [1.807, 2.05) is 13.8 Å². The van der Waals surface area contributed by atoms with E-state index in [0.717, 1.165) is 5.01 Å². The molecule has 1 aliphatic heterocycles. The lowest BCUT2D eigenvalue weighted by atomic mass is 9.96. The first kappa shape index (κ1) is 13.5. The van der Waals surface area contributed by atoms with Crippen LogP contribution < -0.4 is 5.73 Å². The average molecular weight is 269 g/mol. The summed E-state index contributed by atoms with van der Waals surface area (Å²) in [6.45, 7) is 4.99. The van der Waals surface area contributed by atoms with Crippen LogP contribution in [0.4, 0.5) is 0 Å². The molecule has 0 spiro atoms. The summed E-state index contributed by atoms with van der Waals surface area (Å²) in [5, 5.41) is 12.2. The molecule has 0 radical (unpaired) electrons. The highest BCUT2D eigenvalue weighted by molar-refractivity contribution is 7.09. The van der Waals surface area contributed by atoms with Crippen LogP contribution in [0.3, 0.4) is 0 Å². The molecular formula is C12H19N3O2S. The van der Waals surface area contributed by atoms with Crippen molar-refractivity contribution in [3.8, 4) is 0 Å². The van der Waals surface area contributed by atoms with Gasteiger partial charge in [-0.3, -0.25) is 4.79 Å². The van der Waals surface area contributed by atoms with E-state index < -0.39 is 0 Å². The molecule has 2 rings (SSSR count). The van der Waals surface area contributed by atoms with E-state index in [0.29, 0.717) is 25.2 Å². The van der Waals surface area contributed by atoms with E-state index in [-0.39, 0.29) is 24.0 Å². The normalized spacial score (nSPS) is 26.1. The van der Waals surface area contributed by atoms with Gasteiger partial charge in [-0.1, -0.05) is 6.92 Å². The van der Waals surface area contributed by atoms with Crippen LogP contribution in [0.15, 0.2) is 5.38 Å². The summed E-state index contributed by atoms with van der Waals surface area (Å²) in [5.74, 6) is 0.0612. The van der Waals surface area contributed by atoms with Gasteiger partial charge >= 0.3 is 0 Å². The zero-order valence-corrected chi connectivity index (χ0v) is 11.5. The Kier molecular flexibility index (Phi) is 3.99. The Labute approximate surface area is 111 Å². The van der Waals surface area contributed by atoms with Crippen molar-refractivity contribution in [3.63, 3.8) is 0 Å². The Balaban J connectivity index is 2.06. The molecule has 3 unspecified atom stereocenters. The Morgan fingerprint density at radius 1 is 1.72 bits per heavy atom. The first-order valence-electron chi connectivity index (χ1n) is 6.17. The largest absolute Gasteiger partial charge is 0.393 e. The van der Waals surface area contributed by atoms with Gasteiger partial charge in [-0.15, -0.1) is 11.3 Å². The predicted octanol–water partition coefficient (Wildman–Crippen LogP) is 1.01. The van der Waals surface area contributed by atoms with Gasteiger partial charge < -0.3 is 15.7 Å². The van der Waals surface area contributed by atoms with E-state index in [4.69, 9.17) is 5.73 Å². The first-order chi connectivity index (χ1) is 8.49. The molecule has 3 N–H and O–H groups in total. The van der Waals surface area contributed by atoms with Gasteiger partial charge in [0, 0.05) is 18.5 Å². The van der Waals surface area contributed by atoms with Gasteiger partial charge in [0.2, 0.25) is 0 Å². The van der Waals surface area contributed by atoms with Gasteiger partial charge in [0.1, 0.15) is 10.7 Å². The Morgan fingerprint density at radius 2 is 2.44 bits per heavy atom. The SMILES string of the molecule is CC(N)c1nc(C(=O)N2CCC(O)C(C)C2)cs1. The molecule has 1 fully saturated rings. The number of amides is 1. The number of thiazole rings is 1. The van der Waals surface area contributed by atoms with Gasteiger partial charge in [0.15, 0.2) is 0 Å². The fraction of sp³-hybridized carbons (Fsp3) is 0.667. The molecule has 1 saturated heterocycles. The van der Waals surface area contributed by atoms with Crippen molar-refractivity contribution in [1.82, 2.24) is 9.88 Å². The quantitative estimate of drug-likeness (QED) is 0.839. The lowest BCUT2D eigenvalue weighted by Crippen LogP contribution is -2.45. The van der Waals surface area contributed by atoms with E-state index in [1.54, 1.807) is 10.3 Å². The van der Waals surface area contributed by atoms with Gasteiger partial charge in [-0.25, -0.2) is 4.98 Å². The highest BCUT2D eigenvalue weighted by atomic mass is 32.1. The number of likely N-dealkylation sites (tertiary alicyclic amines) is 1. The van der Waals surface area contributed by atoms with E-state index in [9.17, 15) is 9.90 Å². The number of hydrogen-bond acceptors (Lipinski definition) is 5. The molecule has 0 aromatic carbocycles. The zero-order chi connectivity index (χ0) is 13.3. The van der Waals surface area contributed by atoms with Crippen LogP contribution in [0, 0.1) is 5.92 Å². The molecule has 18 heavy (non-hydrogen) atoms. The summed E-state index contributed by atoms with van der Waals surface area (Å²) >= 11 is 1.42. The van der Waals surface area contributed by atoms with Crippen LogP contribution in [0.5, 0.6) is 0 Å². The maximum Gasteiger partial charge on any atom is 0.273 e. The lowest BCUT2D eigenvalue weighted by molar-refractivity contribution is 0.0294. The second-order valence-corrected chi connectivity index (χ2v) is 5.83. The number of hydrogen-bond donors (Lipinski definition) is 2. The third-order valence-electron chi connectivity index (χ3n) is 3.28. The van der Waals surface area contributed by atoms with Crippen LogP contribution in [0.1, 0.15) is 41.8 Å². The third kappa shape index (κ3) is 2.71. The zero-order valence-electron chi connectivity index (χ0n) is 10.7. The van der Waals surface area contributed by atoms with Crippen molar-refractivity contribution in [2.45, 2.75) is 32.4 Å². The Bertz CT molecular complexity index is 433. The summed E-state index contributed by atoms with van der Waals surface area (Å²) in [6, 6.07) is -0.140. The molecular weight excluding hydrogens is 250 g/mol. The van der Waals surface area contributed by atoms with Gasteiger partial charge in [-0.05, 0) is 19.3 Å². The van der Waals surface area contributed by atoms with Crippen molar-refractivity contribution in [1.29, 1.82) is 0 Å². The van der Waals surface area contributed by atoms with Crippen LogP contribution in [0.2, 0.25) is 0 Å². The van der Waals surface area contributed by atoms with Crippen molar-refractivity contribution in [2.24, 2.45) is 11.7 Å².